The molecule has 0 amide bonds. The Labute approximate surface area is 192 Å². The molecule has 12 heteroatoms. The molecule has 166 valence electrons. The molecule has 3 N–H and O–H groups in total. The summed E-state index contributed by atoms with van der Waals surface area (Å²) in [5.74, 6) is 0.229. The van der Waals surface area contributed by atoms with Crippen molar-refractivity contribution in [2.24, 2.45) is 0 Å². The van der Waals surface area contributed by atoms with Crippen LogP contribution in [0.15, 0.2) is 48.5 Å². The number of anilines is 3. The van der Waals surface area contributed by atoms with E-state index >= 15 is 0 Å². The Morgan fingerprint density at radius 2 is 1.69 bits per heavy atom. The maximum atomic E-state index is 11.5. The molecule has 0 aliphatic carbocycles. The third kappa shape index (κ3) is 5.16. The van der Waals surface area contributed by atoms with Crippen molar-refractivity contribution in [2.45, 2.75) is 0 Å². The molecule has 0 spiro atoms. The molecule has 0 bridgehead atoms. The van der Waals surface area contributed by atoms with E-state index in [4.69, 9.17) is 28.9 Å². The normalized spacial score (nSPS) is 10.6. The van der Waals surface area contributed by atoms with Crippen LogP contribution in [0.5, 0.6) is 0 Å². The number of hydrogen-bond acceptors (Lipinski definition) is 8. The maximum Gasteiger partial charge on any atom is 0.311 e. The number of aromatic nitrogens is 1. The third-order valence-corrected chi connectivity index (χ3v) is 5.24. The number of halogens is 2. The second-order valence-electron chi connectivity index (χ2n) is 6.79. The van der Waals surface area contributed by atoms with E-state index in [0.717, 1.165) is 5.69 Å². The molecule has 10 nitrogen and oxygen atoms in total. The molecule has 0 saturated heterocycles. The first-order chi connectivity index (χ1) is 15.2. The van der Waals surface area contributed by atoms with Gasteiger partial charge < -0.3 is 16.0 Å². The summed E-state index contributed by atoms with van der Waals surface area (Å²) in [7, 11) is 1.83. The minimum Gasteiger partial charge on any atom is -0.378 e. The molecular formula is C20H18Cl2N6O4. The second kappa shape index (κ2) is 9.67. The van der Waals surface area contributed by atoms with E-state index in [1.54, 1.807) is 24.3 Å². The number of nitrogens with two attached hydrogens (primary N) is 1. The van der Waals surface area contributed by atoms with Crippen LogP contribution in [-0.4, -0.2) is 35.0 Å². The fraction of sp³-hybridized carbons (Fsp3) is 0.150. The Hall–Kier alpha value is -3.63. The lowest BCUT2D eigenvalue weighted by Crippen LogP contribution is -2.25. The summed E-state index contributed by atoms with van der Waals surface area (Å²) >= 11 is 12.2. The van der Waals surface area contributed by atoms with Gasteiger partial charge in [0.25, 0.3) is 5.69 Å². The Kier molecular flexibility index (Phi) is 6.96. The van der Waals surface area contributed by atoms with Crippen molar-refractivity contribution in [1.82, 2.24) is 4.98 Å². The van der Waals surface area contributed by atoms with E-state index in [0.29, 0.717) is 40.1 Å². The average molecular weight is 477 g/mol. The van der Waals surface area contributed by atoms with Crippen molar-refractivity contribution in [3.63, 3.8) is 0 Å². The first-order valence-electron chi connectivity index (χ1n) is 9.27. The monoisotopic (exact) mass is 476 g/mol. The Bertz CT molecular complexity index is 1190. The summed E-state index contributed by atoms with van der Waals surface area (Å²) in [6.07, 6.45) is 0. The maximum absolute atomic E-state index is 11.5. The lowest BCUT2D eigenvalue weighted by molar-refractivity contribution is -0.384. The number of nitrogens with one attached hydrogen (secondary N) is 1. The SMILES string of the molecule is CN(CCNc1ccc([N+](=O)[O-])c(N)n1)c1ccc([N+](=O)[O-])c(-c2ccc(Cl)cc2Cl)c1. The molecule has 0 radical (unpaired) electrons. The number of benzene rings is 2. The van der Waals surface area contributed by atoms with Crippen LogP contribution in [0.1, 0.15) is 0 Å². The van der Waals surface area contributed by atoms with Crippen molar-refractivity contribution in [3.05, 3.63) is 78.8 Å². The van der Waals surface area contributed by atoms with Gasteiger partial charge in [0.05, 0.1) is 20.4 Å². The first-order valence-corrected chi connectivity index (χ1v) is 10.0. The summed E-state index contributed by atoms with van der Waals surface area (Å²) in [4.78, 5) is 27.2. The number of pyridine rings is 1. The molecule has 1 aromatic heterocycles. The van der Waals surface area contributed by atoms with Crippen LogP contribution in [0.25, 0.3) is 11.1 Å². The highest BCUT2D eigenvalue weighted by molar-refractivity contribution is 6.36. The molecule has 3 rings (SSSR count). The fourth-order valence-corrected chi connectivity index (χ4v) is 3.56. The fourth-order valence-electron chi connectivity index (χ4n) is 3.05. The third-order valence-electron chi connectivity index (χ3n) is 4.69. The highest BCUT2D eigenvalue weighted by Crippen LogP contribution is 2.38. The Balaban J connectivity index is 1.77. The smallest absolute Gasteiger partial charge is 0.311 e. The van der Waals surface area contributed by atoms with E-state index in [1.165, 1.54) is 24.3 Å². The number of nitro groups is 2. The number of nitrogen functional groups attached to an aromatic ring is 1. The molecule has 2 aromatic carbocycles. The summed E-state index contributed by atoms with van der Waals surface area (Å²) in [5.41, 5.74) is 6.87. The van der Waals surface area contributed by atoms with Gasteiger partial charge in [-0.2, -0.15) is 0 Å². The summed E-state index contributed by atoms with van der Waals surface area (Å²) < 4.78 is 0. The van der Waals surface area contributed by atoms with E-state index in [2.05, 4.69) is 10.3 Å². The van der Waals surface area contributed by atoms with Gasteiger partial charge in [-0.3, -0.25) is 20.2 Å². The van der Waals surface area contributed by atoms with Crippen LogP contribution in [0.3, 0.4) is 0 Å². The summed E-state index contributed by atoms with van der Waals surface area (Å²) in [6.45, 7) is 0.943. The van der Waals surface area contributed by atoms with Crippen LogP contribution in [0.4, 0.5) is 28.7 Å². The standard InChI is InChI=1S/C20H18Cl2N6O4/c1-26(9-8-24-19-7-6-18(28(31)32)20(23)25-19)13-3-5-17(27(29)30)15(11-13)14-4-2-12(21)10-16(14)22/h2-7,10-11H,8-9H2,1H3,(H3,23,24,25). The average Bonchev–Trinajstić information content (AvgIpc) is 2.73. The first kappa shape index (κ1) is 23.0. The molecule has 0 aliphatic rings. The molecule has 32 heavy (non-hydrogen) atoms. The highest BCUT2D eigenvalue weighted by Gasteiger charge is 2.19. The van der Waals surface area contributed by atoms with Gasteiger partial charge in [0.2, 0.25) is 5.82 Å². The summed E-state index contributed by atoms with van der Waals surface area (Å²) in [6, 6.07) is 12.3. The zero-order valence-electron chi connectivity index (χ0n) is 16.8. The van der Waals surface area contributed by atoms with Crippen molar-refractivity contribution < 1.29 is 9.85 Å². The number of likely N-dealkylation sites (N-methyl/N-ethyl adjacent to an activating group) is 1. The van der Waals surface area contributed by atoms with Crippen LogP contribution in [0, 0.1) is 20.2 Å². The van der Waals surface area contributed by atoms with E-state index in [1.807, 2.05) is 11.9 Å². The van der Waals surface area contributed by atoms with Gasteiger partial charge in [-0.05, 0) is 30.3 Å². The van der Waals surface area contributed by atoms with Gasteiger partial charge in [0.1, 0.15) is 5.82 Å². The number of nitro benzene ring substituents is 1. The molecule has 0 fully saturated rings. The molecule has 1 heterocycles. The Morgan fingerprint density at radius 3 is 2.31 bits per heavy atom. The molecule has 0 atom stereocenters. The quantitative estimate of drug-likeness (QED) is 0.341. The topological polar surface area (TPSA) is 140 Å². The van der Waals surface area contributed by atoms with Crippen molar-refractivity contribution >= 4 is 51.9 Å². The van der Waals surface area contributed by atoms with Gasteiger partial charge in [-0.1, -0.05) is 29.3 Å². The van der Waals surface area contributed by atoms with Crippen LogP contribution in [0.2, 0.25) is 10.0 Å². The number of rotatable bonds is 8. The molecule has 3 aromatic rings. The van der Waals surface area contributed by atoms with Gasteiger partial charge in [0.15, 0.2) is 0 Å². The molecule has 0 saturated carbocycles. The molecule has 0 unspecified atom stereocenters. The van der Waals surface area contributed by atoms with Crippen LogP contribution >= 0.6 is 23.2 Å². The van der Waals surface area contributed by atoms with E-state index in [9.17, 15) is 20.2 Å². The Morgan fingerprint density at radius 1 is 1.00 bits per heavy atom. The number of nitrogens with zero attached hydrogens (tertiary/aromatic N) is 4. The second-order valence-corrected chi connectivity index (χ2v) is 7.63. The van der Waals surface area contributed by atoms with Gasteiger partial charge in [-0.25, -0.2) is 4.98 Å². The minimum absolute atomic E-state index is 0.0740. The number of hydrogen-bond donors (Lipinski definition) is 2. The van der Waals surface area contributed by atoms with Crippen molar-refractivity contribution in [1.29, 1.82) is 0 Å². The van der Waals surface area contributed by atoms with Crippen molar-refractivity contribution in [2.75, 3.05) is 36.1 Å². The van der Waals surface area contributed by atoms with Gasteiger partial charge in [0, 0.05) is 48.5 Å². The lowest BCUT2D eigenvalue weighted by Gasteiger charge is -2.21. The van der Waals surface area contributed by atoms with Crippen LogP contribution < -0.4 is 16.0 Å². The predicted octanol–water partition coefficient (Wildman–Crippen LogP) is 5.00. The largest absolute Gasteiger partial charge is 0.378 e. The highest BCUT2D eigenvalue weighted by atomic mass is 35.5. The zero-order chi connectivity index (χ0) is 23.4. The van der Waals surface area contributed by atoms with E-state index < -0.39 is 9.85 Å². The van der Waals surface area contributed by atoms with E-state index in [-0.39, 0.29) is 17.2 Å². The van der Waals surface area contributed by atoms with Crippen molar-refractivity contribution in [3.8, 4) is 11.1 Å². The zero-order valence-corrected chi connectivity index (χ0v) is 18.3. The minimum atomic E-state index is -0.598. The van der Waals surface area contributed by atoms with Gasteiger partial charge in [-0.15, -0.1) is 0 Å². The predicted molar refractivity (Wildman–Crippen MR) is 126 cm³/mol. The molecular weight excluding hydrogens is 459 g/mol. The van der Waals surface area contributed by atoms with Crippen LogP contribution in [-0.2, 0) is 0 Å². The lowest BCUT2D eigenvalue weighted by atomic mass is 10.0. The molecule has 0 aliphatic heterocycles. The summed E-state index contributed by atoms with van der Waals surface area (Å²) in [5, 5.41) is 26.1. The van der Waals surface area contributed by atoms with Gasteiger partial charge >= 0.3 is 5.69 Å².